The molecule has 0 bridgehead atoms. The lowest BCUT2D eigenvalue weighted by atomic mass is 10.1. The van der Waals surface area contributed by atoms with E-state index in [9.17, 15) is 9.90 Å². The van der Waals surface area contributed by atoms with E-state index in [1.54, 1.807) is 24.4 Å². The average Bonchev–Trinajstić information content (AvgIpc) is 2.73. The van der Waals surface area contributed by atoms with Crippen LogP contribution in [0.4, 0.5) is 0 Å². The number of rotatable bonds is 2. The summed E-state index contributed by atoms with van der Waals surface area (Å²) in [5, 5.41) is 17.1. The molecule has 2 rings (SSSR count). The van der Waals surface area contributed by atoms with E-state index in [1.807, 2.05) is 0 Å². The summed E-state index contributed by atoms with van der Waals surface area (Å²) in [6, 6.07) is 5.11. The minimum absolute atomic E-state index is 0.485. The highest BCUT2D eigenvalue weighted by molar-refractivity contribution is 5.82. The molecule has 5 nitrogen and oxygen atoms in total. The highest BCUT2D eigenvalue weighted by Gasteiger charge is 2.17. The summed E-state index contributed by atoms with van der Waals surface area (Å²) >= 11 is 0. The Morgan fingerprint density at radius 3 is 3.13 bits per heavy atom. The fourth-order valence-corrected chi connectivity index (χ4v) is 1.37. The van der Waals surface area contributed by atoms with Crippen molar-refractivity contribution in [1.29, 1.82) is 0 Å². The summed E-state index contributed by atoms with van der Waals surface area (Å²) in [6.45, 7) is 0. The Bertz CT molecular complexity index is 492. The Morgan fingerprint density at radius 1 is 1.60 bits per heavy atom. The summed E-state index contributed by atoms with van der Waals surface area (Å²) in [7, 11) is 1.24. The number of nitrogens with zero attached hydrogens (tertiary/aromatic N) is 1. The fraction of sp³-hybridized carbons (Fsp3) is 0.200. The van der Waals surface area contributed by atoms with Crippen molar-refractivity contribution in [1.82, 2.24) is 10.2 Å². The summed E-state index contributed by atoms with van der Waals surface area (Å²) in [6.07, 6.45) is 0.423. The van der Waals surface area contributed by atoms with Gasteiger partial charge in [-0.15, -0.1) is 0 Å². The lowest BCUT2D eigenvalue weighted by molar-refractivity contribution is -0.150. The zero-order chi connectivity index (χ0) is 10.8. The molecule has 0 amide bonds. The van der Waals surface area contributed by atoms with E-state index in [4.69, 9.17) is 0 Å². The van der Waals surface area contributed by atoms with Crippen LogP contribution >= 0.6 is 0 Å². The summed E-state index contributed by atoms with van der Waals surface area (Å²) in [5.74, 6) is -0.672. The number of aliphatic hydroxyl groups excluding tert-OH is 1. The second kappa shape index (κ2) is 3.70. The lowest BCUT2D eigenvalue weighted by Crippen LogP contribution is -2.13. The number of H-pyrrole nitrogens is 1. The molecule has 0 fully saturated rings. The van der Waals surface area contributed by atoms with Crippen LogP contribution in [0.15, 0.2) is 24.4 Å². The highest BCUT2D eigenvalue weighted by Crippen LogP contribution is 2.19. The van der Waals surface area contributed by atoms with Gasteiger partial charge in [0.15, 0.2) is 6.10 Å². The van der Waals surface area contributed by atoms with Gasteiger partial charge >= 0.3 is 5.97 Å². The van der Waals surface area contributed by atoms with Crippen molar-refractivity contribution in [3.05, 3.63) is 30.0 Å². The van der Waals surface area contributed by atoms with E-state index < -0.39 is 12.1 Å². The first-order valence-corrected chi connectivity index (χ1v) is 4.41. The topological polar surface area (TPSA) is 75.2 Å². The Labute approximate surface area is 85.7 Å². The van der Waals surface area contributed by atoms with Crippen LogP contribution < -0.4 is 0 Å². The smallest absolute Gasteiger partial charge is 0.339 e. The average molecular weight is 206 g/mol. The highest BCUT2D eigenvalue weighted by atomic mass is 16.5. The number of benzene rings is 1. The van der Waals surface area contributed by atoms with Crippen molar-refractivity contribution < 1.29 is 14.6 Å². The van der Waals surface area contributed by atoms with Crippen LogP contribution in [0.5, 0.6) is 0 Å². The van der Waals surface area contributed by atoms with Gasteiger partial charge in [-0.2, -0.15) is 5.10 Å². The fourth-order valence-electron chi connectivity index (χ4n) is 1.37. The molecule has 2 aromatic rings. The zero-order valence-electron chi connectivity index (χ0n) is 8.10. The standard InChI is InChI=1S/C10H10N2O3/c1-15-10(14)9(13)6-2-3-7-5-11-12-8(7)4-6/h2-5,9,13H,1H3,(H,11,12). The van der Waals surface area contributed by atoms with Crippen molar-refractivity contribution in [2.75, 3.05) is 7.11 Å². The van der Waals surface area contributed by atoms with E-state index in [0.29, 0.717) is 5.56 Å². The van der Waals surface area contributed by atoms with Gasteiger partial charge in [0.1, 0.15) is 0 Å². The number of fused-ring (bicyclic) bond motifs is 1. The molecule has 1 heterocycles. The third-order valence-electron chi connectivity index (χ3n) is 2.21. The Kier molecular flexibility index (Phi) is 2.39. The van der Waals surface area contributed by atoms with E-state index in [0.717, 1.165) is 10.9 Å². The van der Waals surface area contributed by atoms with E-state index in [1.165, 1.54) is 7.11 Å². The minimum Gasteiger partial charge on any atom is -0.467 e. The summed E-state index contributed by atoms with van der Waals surface area (Å²) in [5.41, 5.74) is 1.26. The maximum absolute atomic E-state index is 11.1. The molecule has 15 heavy (non-hydrogen) atoms. The minimum atomic E-state index is -1.25. The normalized spacial score (nSPS) is 12.7. The van der Waals surface area contributed by atoms with E-state index in [-0.39, 0.29) is 0 Å². The number of ether oxygens (including phenoxy) is 1. The number of hydrogen-bond donors (Lipinski definition) is 2. The first-order chi connectivity index (χ1) is 7.22. The van der Waals surface area contributed by atoms with Crippen LogP contribution in [-0.4, -0.2) is 28.4 Å². The van der Waals surface area contributed by atoms with Gasteiger partial charge in [0.05, 0.1) is 18.8 Å². The van der Waals surface area contributed by atoms with Gasteiger partial charge in [-0.1, -0.05) is 12.1 Å². The third kappa shape index (κ3) is 1.69. The largest absolute Gasteiger partial charge is 0.467 e. The molecule has 1 aromatic carbocycles. The number of aliphatic hydroxyl groups is 1. The van der Waals surface area contributed by atoms with Gasteiger partial charge in [0, 0.05) is 5.39 Å². The van der Waals surface area contributed by atoms with Gasteiger partial charge in [-0.3, -0.25) is 5.10 Å². The summed E-state index contributed by atoms with van der Waals surface area (Å²) < 4.78 is 4.45. The molecule has 0 saturated heterocycles. The first-order valence-electron chi connectivity index (χ1n) is 4.41. The quantitative estimate of drug-likeness (QED) is 0.711. The molecule has 0 aliphatic rings. The predicted molar refractivity (Wildman–Crippen MR) is 53.1 cm³/mol. The van der Waals surface area contributed by atoms with Crippen LogP contribution in [0.25, 0.3) is 10.9 Å². The number of esters is 1. The Morgan fingerprint density at radius 2 is 2.40 bits per heavy atom. The number of carbonyl (C=O) groups is 1. The zero-order valence-corrected chi connectivity index (χ0v) is 8.10. The number of aromatic amines is 1. The van der Waals surface area contributed by atoms with E-state index >= 15 is 0 Å². The molecule has 0 aliphatic carbocycles. The van der Waals surface area contributed by atoms with Crippen LogP contribution in [-0.2, 0) is 9.53 Å². The van der Waals surface area contributed by atoms with Crippen LogP contribution in [0.2, 0.25) is 0 Å². The van der Waals surface area contributed by atoms with Gasteiger partial charge in [0.25, 0.3) is 0 Å². The molecule has 78 valence electrons. The molecule has 0 radical (unpaired) electrons. The van der Waals surface area contributed by atoms with Crippen molar-refractivity contribution >= 4 is 16.9 Å². The van der Waals surface area contributed by atoms with Crippen molar-refractivity contribution in [2.24, 2.45) is 0 Å². The van der Waals surface area contributed by atoms with Crippen LogP contribution in [0.1, 0.15) is 11.7 Å². The van der Waals surface area contributed by atoms with Crippen LogP contribution in [0.3, 0.4) is 0 Å². The molecular weight excluding hydrogens is 196 g/mol. The Hall–Kier alpha value is -1.88. The van der Waals surface area contributed by atoms with Gasteiger partial charge in [0.2, 0.25) is 0 Å². The summed E-state index contributed by atoms with van der Waals surface area (Å²) in [4.78, 5) is 11.1. The molecule has 2 N–H and O–H groups in total. The number of methoxy groups -OCH3 is 1. The molecular formula is C10H10N2O3. The van der Waals surface area contributed by atoms with Gasteiger partial charge in [-0.25, -0.2) is 4.79 Å². The molecule has 0 spiro atoms. The second-order valence-electron chi connectivity index (χ2n) is 3.14. The molecule has 1 unspecified atom stereocenters. The van der Waals surface area contributed by atoms with E-state index in [2.05, 4.69) is 14.9 Å². The maximum Gasteiger partial charge on any atom is 0.339 e. The SMILES string of the molecule is COC(=O)C(O)c1ccc2cn[nH]c2c1. The van der Waals surface area contributed by atoms with Crippen LogP contribution in [0, 0.1) is 0 Å². The molecule has 1 atom stereocenters. The molecule has 5 heteroatoms. The molecule has 0 aliphatic heterocycles. The van der Waals surface area contributed by atoms with Crippen molar-refractivity contribution in [2.45, 2.75) is 6.10 Å². The van der Waals surface area contributed by atoms with Crippen molar-refractivity contribution in [3.63, 3.8) is 0 Å². The first kappa shape index (κ1) is 9.67. The monoisotopic (exact) mass is 206 g/mol. The number of nitrogens with one attached hydrogen (secondary N) is 1. The lowest BCUT2D eigenvalue weighted by Gasteiger charge is -2.07. The van der Waals surface area contributed by atoms with Gasteiger partial charge in [-0.05, 0) is 11.6 Å². The van der Waals surface area contributed by atoms with Crippen molar-refractivity contribution in [3.8, 4) is 0 Å². The number of carbonyl (C=O) groups excluding carboxylic acids is 1. The number of aromatic nitrogens is 2. The maximum atomic E-state index is 11.1. The number of hydrogen-bond acceptors (Lipinski definition) is 4. The molecule has 1 aromatic heterocycles. The predicted octanol–water partition coefficient (Wildman–Crippen LogP) is 0.769. The third-order valence-corrected chi connectivity index (χ3v) is 2.21. The molecule has 0 saturated carbocycles. The Balaban J connectivity index is 2.39. The van der Waals surface area contributed by atoms with Gasteiger partial charge < -0.3 is 9.84 Å². The second-order valence-corrected chi connectivity index (χ2v) is 3.14.